The molecule has 6 nitrogen and oxygen atoms in total. The van der Waals surface area contributed by atoms with Crippen LogP contribution in [0.3, 0.4) is 0 Å². The van der Waals surface area contributed by atoms with E-state index in [1.165, 1.54) is 0 Å². The molecule has 27 heavy (non-hydrogen) atoms. The van der Waals surface area contributed by atoms with Crippen molar-refractivity contribution in [3.05, 3.63) is 83.7 Å². The minimum absolute atomic E-state index is 0.0415. The van der Waals surface area contributed by atoms with Gasteiger partial charge in [-0.15, -0.1) is 5.10 Å². The molecule has 1 heterocycles. The van der Waals surface area contributed by atoms with Gasteiger partial charge in [0.25, 0.3) is 5.91 Å². The van der Waals surface area contributed by atoms with Crippen molar-refractivity contribution in [2.45, 2.75) is 26.0 Å². The summed E-state index contributed by atoms with van der Waals surface area (Å²) < 4.78 is 7.46. The fourth-order valence-electron chi connectivity index (χ4n) is 2.70. The van der Waals surface area contributed by atoms with Crippen molar-refractivity contribution in [2.75, 3.05) is 13.2 Å². The minimum Gasteiger partial charge on any atom is -0.374 e. The van der Waals surface area contributed by atoms with E-state index in [-0.39, 0.29) is 12.0 Å². The van der Waals surface area contributed by atoms with Crippen LogP contribution in [0.2, 0.25) is 0 Å². The lowest BCUT2D eigenvalue weighted by Crippen LogP contribution is -2.25. The lowest BCUT2D eigenvalue weighted by molar-refractivity contribution is 0.0634. The van der Waals surface area contributed by atoms with E-state index >= 15 is 0 Å². The number of carbonyl (C=O) groups is 1. The Morgan fingerprint density at radius 3 is 2.56 bits per heavy atom. The number of ether oxygens (including phenoxy) is 1. The normalized spacial score (nSPS) is 11.9. The number of nitrogens with zero attached hydrogens (tertiary/aromatic N) is 3. The third kappa shape index (κ3) is 5.76. The molecule has 0 saturated heterocycles. The van der Waals surface area contributed by atoms with Crippen molar-refractivity contribution in [2.24, 2.45) is 0 Å². The van der Waals surface area contributed by atoms with Crippen molar-refractivity contribution >= 4 is 5.91 Å². The molecule has 1 aromatic heterocycles. The van der Waals surface area contributed by atoms with Crippen LogP contribution in [0.15, 0.2) is 66.9 Å². The van der Waals surface area contributed by atoms with Gasteiger partial charge in [0.15, 0.2) is 5.69 Å². The zero-order valence-corrected chi connectivity index (χ0v) is 15.4. The number of rotatable bonds is 9. The van der Waals surface area contributed by atoms with Crippen LogP contribution in [0.1, 0.15) is 41.1 Å². The van der Waals surface area contributed by atoms with Gasteiger partial charge in [0, 0.05) is 13.2 Å². The molecule has 0 bridgehead atoms. The molecule has 2 aromatic carbocycles. The third-order valence-electron chi connectivity index (χ3n) is 4.20. The predicted octanol–water partition coefficient (Wildman–Crippen LogP) is 3.22. The number of hydrogen-bond donors (Lipinski definition) is 1. The van der Waals surface area contributed by atoms with Crippen LogP contribution in [0.25, 0.3) is 0 Å². The van der Waals surface area contributed by atoms with Gasteiger partial charge in [0.05, 0.1) is 18.8 Å². The maximum atomic E-state index is 12.2. The highest BCUT2D eigenvalue weighted by molar-refractivity contribution is 5.91. The summed E-state index contributed by atoms with van der Waals surface area (Å²) in [5.41, 5.74) is 2.58. The Morgan fingerprint density at radius 2 is 1.81 bits per heavy atom. The molecule has 6 heteroatoms. The van der Waals surface area contributed by atoms with Crippen LogP contribution in [0.5, 0.6) is 0 Å². The average Bonchev–Trinajstić information content (AvgIpc) is 3.17. The quantitative estimate of drug-likeness (QED) is 0.592. The highest BCUT2D eigenvalue weighted by Crippen LogP contribution is 2.15. The van der Waals surface area contributed by atoms with Gasteiger partial charge in [-0.3, -0.25) is 4.79 Å². The second-order valence-corrected chi connectivity index (χ2v) is 6.32. The Balaban J connectivity index is 1.37. The summed E-state index contributed by atoms with van der Waals surface area (Å²) in [7, 11) is 0. The fourth-order valence-corrected chi connectivity index (χ4v) is 2.70. The number of aromatic nitrogens is 3. The first kappa shape index (κ1) is 18.8. The summed E-state index contributed by atoms with van der Waals surface area (Å²) in [6, 6.07) is 20.0. The molecular weight excluding hydrogens is 340 g/mol. The van der Waals surface area contributed by atoms with Crippen molar-refractivity contribution in [1.82, 2.24) is 20.3 Å². The molecule has 1 N–H and O–H groups in total. The number of benzene rings is 2. The maximum Gasteiger partial charge on any atom is 0.273 e. The van der Waals surface area contributed by atoms with Crippen LogP contribution >= 0.6 is 0 Å². The second-order valence-electron chi connectivity index (χ2n) is 6.32. The summed E-state index contributed by atoms with van der Waals surface area (Å²) in [5, 5.41) is 10.8. The lowest BCUT2D eigenvalue weighted by atomic mass is 10.1. The van der Waals surface area contributed by atoms with E-state index in [1.54, 1.807) is 10.9 Å². The van der Waals surface area contributed by atoms with Crippen LogP contribution in [-0.2, 0) is 11.3 Å². The van der Waals surface area contributed by atoms with Gasteiger partial charge in [0.2, 0.25) is 0 Å². The van der Waals surface area contributed by atoms with Crippen molar-refractivity contribution in [1.29, 1.82) is 0 Å². The van der Waals surface area contributed by atoms with Crippen LogP contribution < -0.4 is 5.32 Å². The van der Waals surface area contributed by atoms with E-state index in [0.29, 0.717) is 25.4 Å². The first-order valence-corrected chi connectivity index (χ1v) is 9.11. The van der Waals surface area contributed by atoms with E-state index in [2.05, 4.69) is 15.6 Å². The number of amides is 1. The van der Waals surface area contributed by atoms with Gasteiger partial charge in [0.1, 0.15) is 0 Å². The van der Waals surface area contributed by atoms with Crippen molar-refractivity contribution in [3.63, 3.8) is 0 Å². The van der Waals surface area contributed by atoms with E-state index in [0.717, 1.165) is 17.5 Å². The first-order chi connectivity index (χ1) is 13.2. The summed E-state index contributed by atoms with van der Waals surface area (Å²) >= 11 is 0. The molecule has 1 unspecified atom stereocenters. The molecule has 3 aromatic rings. The highest BCUT2D eigenvalue weighted by Gasteiger charge is 2.10. The molecule has 1 amide bonds. The molecule has 0 aliphatic heterocycles. The van der Waals surface area contributed by atoms with Gasteiger partial charge in [-0.2, -0.15) is 0 Å². The molecule has 0 aliphatic carbocycles. The number of hydrogen-bond acceptors (Lipinski definition) is 4. The molecule has 0 aliphatic rings. The molecule has 0 spiro atoms. The summed E-state index contributed by atoms with van der Waals surface area (Å²) in [5.74, 6) is -0.217. The third-order valence-corrected chi connectivity index (χ3v) is 4.20. The van der Waals surface area contributed by atoms with Gasteiger partial charge in [-0.25, -0.2) is 4.68 Å². The molecule has 0 radical (unpaired) electrons. The fraction of sp³-hybridized carbons (Fsp3) is 0.286. The molecule has 0 fully saturated rings. The van der Waals surface area contributed by atoms with Crippen LogP contribution in [0, 0.1) is 0 Å². The van der Waals surface area contributed by atoms with Gasteiger partial charge in [-0.05, 0) is 24.5 Å². The second kappa shape index (κ2) is 9.64. The van der Waals surface area contributed by atoms with Crippen LogP contribution in [-0.4, -0.2) is 34.1 Å². The summed E-state index contributed by atoms with van der Waals surface area (Å²) in [6.45, 7) is 3.73. The molecule has 140 valence electrons. The standard InChI is InChI=1S/C21H24N4O2/c1-17(19-11-6-3-7-12-19)27-14-8-13-22-21(26)20-16-25(24-23-20)15-18-9-4-2-5-10-18/h2-7,9-12,16-17H,8,13-15H2,1H3,(H,22,26). The smallest absolute Gasteiger partial charge is 0.273 e. The summed E-state index contributed by atoms with van der Waals surface area (Å²) in [4.78, 5) is 12.2. The van der Waals surface area contributed by atoms with Crippen LogP contribution in [0.4, 0.5) is 0 Å². The van der Waals surface area contributed by atoms with E-state index in [9.17, 15) is 4.79 Å². The Bertz CT molecular complexity index is 834. The maximum absolute atomic E-state index is 12.2. The van der Waals surface area contributed by atoms with Gasteiger partial charge >= 0.3 is 0 Å². The zero-order valence-electron chi connectivity index (χ0n) is 15.4. The Kier molecular flexibility index (Phi) is 6.71. The molecule has 1 atom stereocenters. The summed E-state index contributed by atoms with van der Waals surface area (Å²) in [6.07, 6.45) is 2.44. The predicted molar refractivity (Wildman–Crippen MR) is 103 cm³/mol. The topological polar surface area (TPSA) is 69.0 Å². The molecule has 3 rings (SSSR count). The number of carbonyl (C=O) groups excluding carboxylic acids is 1. The Labute approximate surface area is 159 Å². The van der Waals surface area contributed by atoms with Crippen molar-refractivity contribution < 1.29 is 9.53 Å². The SMILES string of the molecule is CC(OCCCNC(=O)c1cn(Cc2ccccc2)nn1)c1ccccc1. The largest absolute Gasteiger partial charge is 0.374 e. The van der Waals surface area contributed by atoms with Gasteiger partial charge in [-0.1, -0.05) is 65.9 Å². The molecular formula is C21H24N4O2. The van der Waals surface area contributed by atoms with E-state index < -0.39 is 0 Å². The van der Waals surface area contributed by atoms with Gasteiger partial charge < -0.3 is 10.1 Å². The Hall–Kier alpha value is -2.99. The number of nitrogens with one attached hydrogen (secondary N) is 1. The zero-order chi connectivity index (χ0) is 18.9. The highest BCUT2D eigenvalue weighted by atomic mass is 16.5. The molecule has 0 saturated carbocycles. The lowest BCUT2D eigenvalue weighted by Gasteiger charge is -2.13. The van der Waals surface area contributed by atoms with Crippen molar-refractivity contribution in [3.8, 4) is 0 Å². The Morgan fingerprint density at radius 1 is 1.11 bits per heavy atom. The monoisotopic (exact) mass is 364 g/mol. The average molecular weight is 364 g/mol. The van der Waals surface area contributed by atoms with E-state index in [1.807, 2.05) is 67.6 Å². The first-order valence-electron chi connectivity index (χ1n) is 9.11. The van der Waals surface area contributed by atoms with E-state index in [4.69, 9.17) is 4.74 Å². The minimum atomic E-state index is -0.217.